The van der Waals surface area contributed by atoms with Gasteiger partial charge in [0.15, 0.2) is 6.19 Å². The number of nitrogens with one attached hydrogen (secondary N) is 2. The number of nitrogens with zero attached hydrogens (tertiary/aromatic N) is 4. The van der Waals surface area contributed by atoms with E-state index in [9.17, 15) is 4.79 Å². The molecule has 0 saturated heterocycles. The van der Waals surface area contributed by atoms with Gasteiger partial charge in [-0.15, -0.1) is 0 Å². The number of unbranched alkanes of at least 4 members (excludes halogenated alkanes) is 1. The number of nitriles is 1. The predicted molar refractivity (Wildman–Crippen MR) is 103 cm³/mol. The smallest absolute Gasteiger partial charge is 0.266 e. The van der Waals surface area contributed by atoms with Gasteiger partial charge in [0, 0.05) is 31.8 Å². The Morgan fingerprint density at radius 1 is 1.27 bits per heavy atom. The van der Waals surface area contributed by atoms with Gasteiger partial charge in [-0.05, 0) is 38.3 Å². The van der Waals surface area contributed by atoms with Crippen molar-refractivity contribution in [1.29, 1.82) is 5.26 Å². The van der Waals surface area contributed by atoms with Gasteiger partial charge in [0.05, 0.1) is 5.69 Å². The number of guanidine groups is 1. The molecule has 0 aliphatic rings. The Morgan fingerprint density at radius 2 is 2.08 bits per heavy atom. The van der Waals surface area contributed by atoms with Gasteiger partial charge in [0.25, 0.3) is 5.56 Å². The highest BCUT2D eigenvalue weighted by atomic mass is 16.1. The van der Waals surface area contributed by atoms with Crippen LogP contribution < -0.4 is 16.2 Å². The summed E-state index contributed by atoms with van der Waals surface area (Å²) in [6, 6.07) is 9.54. The van der Waals surface area contributed by atoms with E-state index >= 15 is 0 Å². The van der Waals surface area contributed by atoms with Crippen LogP contribution in [0.3, 0.4) is 0 Å². The molecule has 2 rings (SSSR count). The van der Waals surface area contributed by atoms with E-state index in [1.54, 1.807) is 19.2 Å². The first-order chi connectivity index (χ1) is 12.5. The maximum Gasteiger partial charge on any atom is 0.266 e. The van der Waals surface area contributed by atoms with Crippen LogP contribution in [0.4, 0.5) is 0 Å². The number of aliphatic imine (C=N–C) groups is 1. The van der Waals surface area contributed by atoms with Gasteiger partial charge in [-0.3, -0.25) is 15.1 Å². The van der Waals surface area contributed by atoms with Crippen molar-refractivity contribution >= 4 is 5.96 Å². The van der Waals surface area contributed by atoms with Gasteiger partial charge < -0.3 is 5.32 Å². The van der Waals surface area contributed by atoms with Crippen molar-refractivity contribution in [2.45, 2.75) is 33.2 Å². The lowest BCUT2D eigenvalue weighted by molar-refractivity contribution is 0.531. The van der Waals surface area contributed by atoms with Crippen LogP contribution in [0.15, 0.2) is 40.1 Å². The zero-order valence-electron chi connectivity index (χ0n) is 15.4. The van der Waals surface area contributed by atoms with Crippen LogP contribution in [0.2, 0.25) is 0 Å². The van der Waals surface area contributed by atoms with Crippen LogP contribution in [0.5, 0.6) is 0 Å². The molecule has 1 heterocycles. The maximum absolute atomic E-state index is 12.1. The first-order valence-electron chi connectivity index (χ1n) is 8.56. The minimum Gasteiger partial charge on any atom is -0.356 e. The first-order valence-corrected chi connectivity index (χ1v) is 8.56. The zero-order valence-corrected chi connectivity index (χ0v) is 15.4. The average Bonchev–Trinajstić information content (AvgIpc) is 2.62. The molecule has 0 bridgehead atoms. The molecule has 0 fully saturated rings. The fourth-order valence-electron chi connectivity index (χ4n) is 2.68. The molecule has 136 valence electrons. The molecule has 0 radical (unpaired) electrons. The highest BCUT2D eigenvalue weighted by Crippen LogP contribution is 2.21. The number of aromatic nitrogens is 2. The summed E-state index contributed by atoms with van der Waals surface area (Å²) in [6.07, 6.45) is 3.44. The normalized spacial score (nSPS) is 11.1. The summed E-state index contributed by atoms with van der Waals surface area (Å²) >= 11 is 0. The Bertz CT molecular complexity index is 878. The summed E-state index contributed by atoms with van der Waals surface area (Å²) in [7, 11) is 1.61. The molecule has 0 aliphatic carbocycles. The molecular formula is C19H24N6O. The molecule has 2 N–H and O–H groups in total. The molecule has 1 aromatic heterocycles. The maximum atomic E-state index is 12.1. The molecule has 1 aromatic carbocycles. The minimum absolute atomic E-state index is 0.103. The predicted octanol–water partition coefficient (Wildman–Crippen LogP) is 1.95. The van der Waals surface area contributed by atoms with Crippen LogP contribution >= 0.6 is 0 Å². The van der Waals surface area contributed by atoms with Crippen LogP contribution in [-0.2, 0) is 6.54 Å². The molecule has 7 heteroatoms. The molecule has 0 aliphatic heterocycles. The summed E-state index contributed by atoms with van der Waals surface area (Å²) < 4.78 is 1.51. The first kappa shape index (κ1) is 19.2. The van der Waals surface area contributed by atoms with E-state index in [4.69, 9.17) is 5.26 Å². The number of hydrogen-bond acceptors (Lipinski definition) is 4. The highest BCUT2D eigenvalue weighted by molar-refractivity contribution is 5.80. The van der Waals surface area contributed by atoms with E-state index in [1.807, 2.05) is 25.2 Å². The number of hydrogen-bond donors (Lipinski definition) is 2. The van der Waals surface area contributed by atoms with Crippen molar-refractivity contribution in [1.82, 2.24) is 20.4 Å². The SMILES string of the molecule is CN=C(NC#N)NCCCCn1nc(-c2ccc(C)cc2C)ccc1=O. The zero-order chi connectivity index (χ0) is 18.9. The molecule has 7 nitrogen and oxygen atoms in total. The molecule has 26 heavy (non-hydrogen) atoms. The van der Waals surface area contributed by atoms with Crippen molar-refractivity contribution in [2.24, 2.45) is 4.99 Å². The minimum atomic E-state index is -0.103. The lowest BCUT2D eigenvalue weighted by Crippen LogP contribution is -2.35. The van der Waals surface area contributed by atoms with Gasteiger partial charge >= 0.3 is 0 Å². The lowest BCUT2D eigenvalue weighted by Gasteiger charge is -2.10. The lowest BCUT2D eigenvalue weighted by atomic mass is 10.0. The van der Waals surface area contributed by atoms with E-state index in [0.29, 0.717) is 19.0 Å². The summed E-state index contributed by atoms with van der Waals surface area (Å²) in [5, 5.41) is 18.6. The van der Waals surface area contributed by atoms with E-state index in [0.717, 1.165) is 29.7 Å². The molecule has 2 aromatic rings. The van der Waals surface area contributed by atoms with Gasteiger partial charge in [-0.2, -0.15) is 10.4 Å². The van der Waals surface area contributed by atoms with E-state index < -0.39 is 0 Å². The Labute approximate surface area is 153 Å². The van der Waals surface area contributed by atoms with Gasteiger partial charge in [-0.1, -0.05) is 23.8 Å². The number of rotatable bonds is 6. The molecule has 0 unspecified atom stereocenters. The second kappa shape index (κ2) is 9.37. The van der Waals surface area contributed by atoms with Crippen molar-refractivity contribution in [2.75, 3.05) is 13.6 Å². The van der Waals surface area contributed by atoms with Crippen molar-refractivity contribution < 1.29 is 0 Å². The third-order valence-corrected chi connectivity index (χ3v) is 4.01. The Hall–Kier alpha value is -3.14. The third-order valence-electron chi connectivity index (χ3n) is 4.01. The quantitative estimate of drug-likeness (QED) is 0.272. The summed E-state index contributed by atoms with van der Waals surface area (Å²) in [6.45, 7) is 5.31. The standard InChI is InChI=1S/C19H24N6O/c1-14-6-7-16(15(2)12-14)17-8-9-18(26)25(24-17)11-5-4-10-22-19(21-3)23-13-20/h6-9,12H,4-5,10-11H2,1-3H3,(H2,21,22,23). The van der Waals surface area contributed by atoms with Gasteiger partial charge in [0.2, 0.25) is 5.96 Å². The number of aryl methyl sites for hydroxylation is 3. The highest BCUT2D eigenvalue weighted by Gasteiger charge is 2.06. The van der Waals surface area contributed by atoms with Crippen LogP contribution in [0, 0.1) is 25.3 Å². The van der Waals surface area contributed by atoms with Crippen LogP contribution in [0.25, 0.3) is 11.3 Å². The Kier molecular flexibility index (Phi) is 6.92. The summed E-state index contributed by atoms with van der Waals surface area (Å²) in [4.78, 5) is 16.0. The van der Waals surface area contributed by atoms with Crippen molar-refractivity contribution in [3.63, 3.8) is 0 Å². The van der Waals surface area contributed by atoms with Crippen LogP contribution in [0.1, 0.15) is 24.0 Å². The van der Waals surface area contributed by atoms with Gasteiger partial charge in [0.1, 0.15) is 0 Å². The monoisotopic (exact) mass is 352 g/mol. The Morgan fingerprint density at radius 3 is 2.77 bits per heavy atom. The summed E-state index contributed by atoms with van der Waals surface area (Å²) in [5.74, 6) is 0.444. The molecule has 0 amide bonds. The second-order valence-corrected chi connectivity index (χ2v) is 6.04. The fourth-order valence-corrected chi connectivity index (χ4v) is 2.68. The van der Waals surface area contributed by atoms with E-state index in [2.05, 4.69) is 33.7 Å². The molecule has 0 spiro atoms. The van der Waals surface area contributed by atoms with Crippen molar-refractivity contribution in [3.05, 3.63) is 51.8 Å². The van der Waals surface area contributed by atoms with E-state index in [-0.39, 0.29) is 5.56 Å². The van der Waals surface area contributed by atoms with E-state index in [1.165, 1.54) is 10.2 Å². The molecule has 0 saturated carbocycles. The largest absolute Gasteiger partial charge is 0.356 e. The Balaban J connectivity index is 1.98. The van der Waals surface area contributed by atoms with Crippen molar-refractivity contribution in [3.8, 4) is 17.5 Å². The summed E-state index contributed by atoms with van der Waals surface area (Å²) in [5.41, 5.74) is 4.08. The topological polar surface area (TPSA) is 95.1 Å². The third kappa shape index (κ3) is 5.18. The number of benzene rings is 1. The fraction of sp³-hybridized carbons (Fsp3) is 0.368. The molecule has 0 atom stereocenters. The molecular weight excluding hydrogens is 328 g/mol. The van der Waals surface area contributed by atoms with Gasteiger partial charge in [-0.25, -0.2) is 4.68 Å². The van der Waals surface area contributed by atoms with Crippen LogP contribution in [-0.4, -0.2) is 29.3 Å². The average molecular weight is 352 g/mol. The second-order valence-electron chi connectivity index (χ2n) is 6.04.